The summed E-state index contributed by atoms with van der Waals surface area (Å²) in [6.07, 6.45) is 6.05. The molecule has 6 nitrogen and oxygen atoms in total. The molecule has 3 aromatic rings. The third-order valence-electron chi connectivity index (χ3n) is 3.52. The second-order valence-corrected chi connectivity index (χ2v) is 5.11. The van der Waals surface area contributed by atoms with Gasteiger partial charge in [-0.3, -0.25) is 0 Å². The van der Waals surface area contributed by atoms with Crippen molar-refractivity contribution in [2.45, 2.75) is 39.0 Å². The van der Waals surface area contributed by atoms with Gasteiger partial charge in [0.1, 0.15) is 0 Å². The normalized spacial score (nSPS) is 11.3. The molecule has 6 heteroatoms. The Bertz CT molecular complexity index is 724. The van der Waals surface area contributed by atoms with E-state index in [4.69, 9.17) is 4.74 Å². The van der Waals surface area contributed by atoms with E-state index in [1.807, 2.05) is 24.3 Å². The molecule has 3 rings (SSSR count). The van der Waals surface area contributed by atoms with Crippen LogP contribution in [-0.4, -0.2) is 31.9 Å². The molecule has 0 radical (unpaired) electrons. The molecular weight excluding hydrogens is 266 g/mol. The number of aromatic nitrogens is 5. The van der Waals surface area contributed by atoms with Crippen LogP contribution in [0.2, 0.25) is 0 Å². The summed E-state index contributed by atoms with van der Waals surface area (Å²) >= 11 is 0. The van der Waals surface area contributed by atoms with Gasteiger partial charge < -0.3 is 4.74 Å². The van der Waals surface area contributed by atoms with E-state index in [0.29, 0.717) is 18.1 Å². The first-order valence-electron chi connectivity index (χ1n) is 7.50. The molecule has 110 valence electrons. The number of ether oxygens (including phenoxy) is 1. The van der Waals surface area contributed by atoms with Crippen LogP contribution in [0.5, 0.6) is 5.88 Å². The van der Waals surface area contributed by atoms with Crippen LogP contribution in [0.25, 0.3) is 16.4 Å². The molecular formula is C15H19N5O. The molecule has 0 aliphatic carbocycles. The van der Waals surface area contributed by atoms with Gasteiger partial charge in [-0.2, -0.15) is 0 Å². The molecule has 1 aromatic carbocycles. The Hall–Kier alpha value is -2.24. The molecule has 0 fully saturated rings. The quantitative estimate of drug-likeness (QED) is 0.624. The zero-order valence-corrected chi connectivity index (χ0v) is 12.2. The van der Waals surface area contributed by atoms with Crippen molar-refractivity contribution in [3.05, 3.63) is 24.3 Å². The van der Waals surface area contributed by atoms with Crippen molar-refractivity contribution in [2.75, 3.05) is 6.61 Å². The molecule has 2 aromatic heterocycles. The van der Waals surface area contributed by atoms with Gasteiger partial charge in [0.05, 0.1) is 6.61 Å². The van der Waals surface area contributed by atoms with E-state index in [-0.39, 0.29) is 0 Å². The van der Waals surface area contributed by atoms with Gasteiger partial charge >= 0.3 is 0 Å². The smallest absolute Gasteiger partial charge is 0.241 e. The van der Waals surface area contributed by atoms with Gasteiger partial charge in [0, 0.05) is 10.8 Å². The van der Waals surface area contributed by atoms with Crippen LogP contribution < -0.4 is 4.74 Å². The molecule has 0 atom stereocenters. The van der Waals surface area contributed by atoms with E-state index in [1.54, 1.807) is 0 Å². The minimum Gasteiger partial charge on any atom is -0.476 e. The summed E-state index contributed by atoms with van der Waals surface area (Å²) in [6, 6.07) is 7.91. The zero-order valence-electron chi connectivity index (χ0n) is 12.2. The average molecular weight is 285 g/mol. The van der Waals surface area contributed by atoms with E-state index in [2.05, 4.69) is 27.5 Å². The summed E-state index contributed by atoms with van der Waals surface area (Å²) < 4.78 is 7.27. The maximum Gasteiger partial charge on any atom is 0.241 e. The maximum atomic E-state index is 5.85. The molecule has 0 spiro atoms. The molecule has 0 bridgehead atoms. The van der Waals surface area contributed by atoms with Crippen molar-refractivity contribution in [1.82, 2.24) is 25.3 Å². The Morgan fingerprint density at radius 2 is 1.86 bits per heavy atom. The highest BCUT2D eigenvalue weighted by atomic mass is 16.5. The monoisotopic (exact) mass is 285 g/mol. The van der Waals surface area contributed by atoms with Crippen LogP contribution in [0.3, 0.4) is 0 Å². The Balaban J connectivity index is 1.77. The van der Waals surface area contributed by atoms with Gasteiger partial charge in [0.2, 0.25) is 11.5 Å². The van der Waals surface area contributed by atoms with Crippen LogP contribution in [0, 0.1) is 0 Å². The highest BCUT2D eigenvalue weighted by Crippen LogP contribution is 2.25. The van der Waals surface area contributed by atoms with Crippen molar-refractivity contribution in [1.29, 1.82) is 0 Å². The van der Waals surface area contributed by atoms with E-state index in [1.165, 1.54) is 30.3 Å². The summed E-state index contributed by atoms with van der Waals surface area (Å²) in [5.74, 6) is 0.598. The highest BCUT2D eigenvalue weighted by molar-refractivity contribution is 5.96. The lowest BCUT2D eigenvalue weighted by molar-refractivity contribution is 0.291. The molecule has 0 saturated carbocycles. The number of hydrogen-bond donors (Lipinski definition) is 0. The fourth-order valence-corrected chi connectivity index (χ4v) is 2.40. The predicted molar refractivity (Wildman–Crippen MR) is 80.3 cm³/mol. The Morgan fingerprint density at radius 3 is 2.71 bits per heavy atom. The molecule has 0 N–H and O–H groups in total. The Labute approximate surface area is 123 Å². The Kier molecular flexibility index (Phi) is 4.23. The van der Waals surface area contributed by atoms with Crippen molar-refractivity contribution in [2.24, 2.45) is 0 Å². The van der Waals surface area contributed by atoms with Crippen LogP contribution in [0.4, 0.5) is 0 Å². The number of benzene rings is 1. The Morgan fingerprint density at radius 1 is 1.05 bits per heavy atom. The molecule has 2 heterocycles. The number of unbranched alkanes of at least 4 members (excludes halogenated alkanes) is 4. The summed E-state index contributed by atoms with van der Waals surface area (Å²) in [5.41, 5.74) is 0.654. The first-order valence-corrected chi connectivity index (χ1v) is 7.50. The van der Waals surface area contributed by atoms with Crippen LogP contribution in [-0.2, 0) is 0 Å². The molecule has 0 unspecified atom stereocenters. The van der Waals surface area contributed by atoms with E-state index >= 15 is 0 Å². The number of rotatable bonds is 7. The van der Waals surface area contributed by atoms with Gasteiger partial charge in [0.25, 0.3) is 0 Å². The second kappa shape index (κ2) is 6.47. The standard InChI is InChI=1S/C15H19N5O/c1-2-3-4-5-8-11-21-15-13-10-7-6-9-12(13)14-16-18-19-20(14)17-15/h6-7,9-10H,2-5,8,11H2,1H3. The third kappa shape index (κ3) is 2.94. The second-order valence-electron chi connectivity index (χ2n) is 5.11. The number of tetrazole rings is 1. The lowest BCUT2D eigenvalue weighted by Crippen LogP contribution is -2.04. The minimum atomic E-state index is 0.598. The van der Waals surface area contributed by atoms with Gasteiger partial charge in [-0.05, 0) is 22.9 Å². The van der Waals surface area contributed by atoms with E-state index < -0.39 is 0 Å². The first-order chi connectivity index (χ1) is 10.4. The topological polar surface area (TPSA) is 65.2 Å². The van der Waals surface area contributed by atoms with Crippen molar-refractivity contribution < 1.29 is 4.74 Å². The van der Waals surface area contributed by atoms with E-state index in [0.717, 1.165) is 17.2 Å². The maximum absolute atomic E-state index is 5.85. The van der Waals surface area contributed by atoms with Crippen molar-refractivity contribution in [3.8, 4) is 5.88 Å². The summed E-state index contributed by atoms with van der Waals surface area (Å²) in [5, 5.41) is 17.8. The lowest BCUT2D eigenvalue weighted by atomic mass is 10.2. The van der Waals surface area contributed by atoms with Gasteiger partial charge in [0.15, 0.2) is 0 Å². The van der Waals surface area contributed by atoms with Crippen molar-refractivity contribution >= 4 is 16.4 Å². The van der Waals surface area contributed by atoms with Gasteiger partial charge in [-0.1, -0.05) is 50.8 Å². The van der Waals surface area contributed by atoms with Crippen LogP contribution in [0.15, 0.2) is 24.3 Å². The average Bonchev–Trinajstić information content (AvgIpc) is 2.99. The molecule has 0 aliphatic rings. The van der Waals surface area contributed by atoms with Crippen LogP contribution >= 0.6 is 0 Å². The summed E-state index contributed by atoms with van der Waals surface area (Å²) in [6.45, 7) is 2.89. The van der Waals surface area contributed by atoms with Crippen molar-refractivity contribution in [3.63, 3.8) is 0 Å². The predicted octanol–water partition coefficient (Wildman–Crippen LogP) is 3.02. The molecule has 21 heavy (non-hydrogen) atoms. The zero-order chi connectivity index (χ0) is 14.5. The minimum absolute atomic E-state index is 0.598. The number of fused-ring (bicyclic) bond motifs is 3. The fraction of sp³-hybridized carbons (Fsp3) is 0.467. The van der Waals surface area contributed by atoms with E-state index in [9.17, 15) is 0 Å². The first kappa shape index (κ1) is 13.7. The molecule has 0 amide bonds. The van der Waals surface area contributed by atoms with Gasteiger partial charge in [-0.15, -0.1) is 14.8 Å². The number of hydrogen-bond acceptors (Lipinski definition) is 5. The lowest BCUT2D eigenvalue weighted by Gasteiger charge is -2.08. The largest absolute Gasteiger partial charge is 0.476 e. The van der Waals surface area contributed by atoms with Gasteiger partial charge in [-0.25, -0.2) is 0 Å². The number of nitrogens with zero attached hydrogens (tertiary/aromatic N) is 5. The fourth-order valence-electron chi connectivity index (χ4n) is 2.40. The highest BCUT2D eigenvalue weighted by Gasteiger charge is 2.11. The van der Waals surface area contributed by atoms with Crippen LogP contribution in [0.1, 0.15) is 39.0 Å². The SMILES string of the molecule is CCCCCCCOc1nn2nnnc2c2ccccc12. The molecule has 0 saturated heterocycles. The summed E-state index contributed by atoms with van der Waals surface area (Å²) in [4.78, 5) is 0. The molecule has 0 aliphatic heterocycles. The third-order valence-corrected chi connectivity index (χ3v) is 3.52. The summed E-state index contributed by atoms with van der Waals surface area (Å²) in [7, 11) is 0.